The van der Waals surface area contributed by atoms with Crippen molar-refractivity contribution in [2.45, 2.75) is 181 Å². The topological polar surface area (TPSA) is 218 Å². The summed E-state index contributed by atoms with van der Waals surface area (Å²) in [4.78, 5) is 66.6. The van der Waals surface area contributed by atoms with E-state index in [9.17, 15) is 34.2 Å². The maximum Gasteiger partial charge on any atom is 0.312 e. The summed E-state index contributed by atoms with van der Waals surface area (Å²) in [6.45, 7) is 18.8. The Morgan fingerprint density at radius 2 is 1.42 bits per heavy atom. The Kier molecular flexibility index (Phi) is 17.9. The molecule has 3 fully saturated rings. The van der Waals surface area contributed by atoms with Crippen LogP contribution in [-0.2, 0) is 71.3 Å². The molecule has 0 radical (unpaired) electrons. The minimum Gasteiger partial charge on any atom is -0.469 e. The molecule has 17 heteroatoms. The van der Waals surface area contributed by atoms with Crippen molar-refractivity contribution in [1.29, 1.82) is 0 Å². The molecular weight excluding hydrogens is 776 g/mol. The minimum absolute atomic E-state index is 0.0551. The molecule has 19 atom stereocenters. The van der Waals surface area contributed by atoms with E-state index in [0.29, 0.717) is 6.42 Å². The molecule has 3 heterocycles. The van der Waals surface area contributed by atoms with Crippen LogP contribution in [0.2, 0.25) is 0 Å². The van der Waals surface area contributed by atoms with Gasteiger partial charge in [-0.3, -0.25) is 24.0 Å². The van der Waals surface area contributed by atoms with Gasteiger partial charge in [-0.2, -0.15) is 0 Å². The van der Waals surface area contributed by atoms with Gasteiger partial charge in [0.15, 0.2) is 24.5 Å². The first-order valence-corrected chi connectivity index (χ1v) is 20.6. The highest BCUT2D eigenvalue weighted by atomic mass is 16.7. The van der Waals surface area contributed by atoms with Gasteiger partial charge in [-0.15, -0.1) is 0 Å². The maximum absolute atomic E-state index is 14.6. The fourth-order valence-electron chi connectivity index (χ4n) is 9.21. The largest absolute Gasteiger partial charge is 0.469 e. The van der Waals surface area contributed by atoms with Crippen molar-refractivity contribution in [3.05, 3.63) is 0 Å². The lowest BCUT2D eigenvalue weighted by Gasteiger charge is -2.48. The highest BCUT2D eigenvalue weighted by Gasteiger charge is 2.53. The summed E-state index contributed by atoms with van der Waals surface area (Å²) in [6.07, 6.45) is -10.5. The molecule has 0 amide bonds. The van der Waals surface area contributed by atoms with Crippen LogP contribution in [-0.4, -0.2) is 140 Å². The SMILES string of the molecule is COC(=O)[C@H](C)[C@H]1OC(=O)[C@H](C)[C@@H](O[C@H]2C[C@@](C)(OC)[C@H](OC(C)=O)[C@H](C)O2)[C@H](C)C(O[C@@H]2O[C@H](C)C[C@H](OC)[C@H]2O)[C@@H](C)C[C@](C)(O)C(=O)[C@H](C)[C@@H](OC(C)=O)[C@H]1C. The van der Waals surface area contributed by atoms with Gasteiger partial charge >= 0.3 is 23.9 Å². The third-order valence-corrected chi connectivity index (χ3v) is 12.5. The molecule has 0 spiro atoms. The number of rotatable bonds is 10. The molecule has 0 saturated carbocycles. The van der Waals surface area contributed by atoms with Crippen LogP contribution < -0.4 is 0 Å². The van der Waals surface area contributed by atoms with E-state index in [-0.39, 0.29) is 18.9 Å². The van der Waals surface area contributed by atoms with Gasteiger partial charge in [-0.05, 0) is 53.9 Å². The lowest BCUT2D eigenvalue weighted by molar-refractivity contribution is -0.313. The van der Waals surface area contributed by atoms with Crippen molar-refractivity contribution in [3.63, 3.8) is 0 Å². The number of esters is 4. The van der Waals surface area contributed by atoms with Gasteiger partial charge in [0.25, 0.3) is 0 Å². The monoisotopic (exact) mass is 846 g/mol. The third-order valence-electron chi connectivity index (χ3n) is 12.5. The van der Waals surface area contributed by atoms with Crippen molar-refractivity contribution in [2.24, 2.45) is 35.5 Å². The van der Waals surface area contributed by atoms with Gasteiger partial charge in [0.05, 0.1) is 55.4 Å². The summed E-state index contributed by atoms with van der Waals surface area (Å²) in [5, 5.41) is 23.4. The highest BCUT2D eigenvalue weighted by Crippen LogP contribution is 2.41. The van der Waals surface area contributed by atoms with Crippen LogP contribution in [0.1, 0.15) is 102 Å². The lowest BCUT2D eigenvalue weighted by atomic mass is 9.74. The summed E-state index contributed by atoms with van der Waals surface area (Å²) < 4.78 is 59.9. The van der Waals surface area contributed by atoms with Gasteiger partial charge in [-0.25, -0.2) is 0 Å². The van der Waals surface area contributed by atoms with Gasteiger partial charge in [0.2, 0.25) is 0 Å². The Bertz CT molecular complexity index is 1450. The Labute approximate surface area is 348 Å². The molecule has 340 valence electrons. The highest BCUT2D eigenvalue weighted by molar-refractivity contribution is 5.89. The van der Waals surface area contributed by atoms with Gasteiger partial charge in [0.1, 0.15) is 29.5 Å². The van der Waals surface area contributed by atoms with E-state index in [2.05, 4.69) is 0 Å². The first-order chi connectivity index (χ1) is 27.3. The zero-order valence-electron chi connectivity index (χ0n) is 37.5. The molecule has 1 unspecified atom stereocenters. The van der Waals surface area contributed by atoms with E-state index in [4.69, 9.17) is 47.4 Å². The molecule has 3 aliphatic heterocycles. The molecule has 3 saturated heterocycles. The minimum atomic E-state index is -2.03. The number of carbonyl (C=O) groups excluding carboxylic acids is 5. The molecule has 0 aromatic heterocycles. The fraction of sp³-hybridized carbons (Fsp3) is 0.881. The molecule has 59 heavy (non-hydrogen) atoms. The summed E-state index contributed by atoms with van der Waals surface area (Å²) in [5.41, 5.74) is -3.12. The molecule has 0 aliphatic carbocycles. The van der Waals surface area contributed by atoms with Crippen LogP contribution in [0.5, 0.6) is 0 Å². The van der Waals surface area contributed by atoms with Crippen molar-refractivity contribution >= 4 is 29.7 Å². The van der Waals surface area contributed by atoms with Gasteiger partial charge in [0, 0.05) is 52.7 Å². The first kappa shape index (κ1) is 50.6. The number of methoxy groups -OCH3 is 3. The molecule has 17 nitrogen and oxygen atoms in total. The van der Waals surface area contributed by atoms with Crippen LogP contribution in [0.3, 0.4) is 0 Å². The third kappa shape index (κ3) is 12.0. The van der Waals surface area contributed by atoms with Gasteiger partial charge in [-0.1, -0.05) is 27.7 Å². The zero-order chi connectivity index (χ0) is 44.9. The van der Waals surface area contributed by atoms with E-state index in [1.54, 1.807) is 41.5 Å². The van der Waals surface area contributed by atoms with E-state index >= 15 is 0 Å². The standard InChI is InChI=1S/C42H70O17/c1-19-17-41(11,49)36(46)23(5)33(55-27(9)43)22(4)35(24(6)38(47)51-14)58-39(48)25(7)34(21(3)32(19)59-40-31(45)29(50-13)16-20(2)53-40)57-30-18-42(12,52-15)37(26(8)54-30)56-28(10)44/h19-26,29-35,37,40,45,49H,16-18H2,1-15H3/t19-,20+,21+,22+,23+,24+,25+,26-,29-,30-,31+,32?,33-,34-,35-,37+,40-,41-,42+/m0/s1. The predicted molar refractivity (Wildman–Crippen MR) is 208 cm³/mol. The summed E-state index contributed by atoms with van der Waals surface area (Å²) >= 11 is 0. The Morgan fingerprint density at radius 1 is 0.814 bits per heavy atom. The van der Waals surface area contributed by atoms with Crippen LogP contribution in [0.4, 0.5) is 0 Å². The average molecular weight is 847 g/mol. The molecule has 3 rings (SSSR count). The number of aliphatic hydroxyl groups is 2. The number of carbonyl (C=O) groups is 5. The summed E-state index contributed by atoms with van der Waals surface area (Å²) in [6, 6.07) is 0. The van der Waals surface area contributed by atoms with E-state index < -0.39 is 138 Å². The van der Waals surface area contributed by atoms with Crippen LogP contribution in [0, 0.1) is 35.5 Å². The number of Topliss-reactive ketones (excluding diaryl/α,β-unsaturated/α-hetero) is 1. The van der Waals surface area contributed by atoms with Crippen molar-refractivity contribution in [2.75, 3.05) is 21.3 Å². The van der Waals surface area contributed by atoms with E-state index in [1.165, 1.54) is 55.9 Å². The molecule has 2 N–H and O–H groups in total. The van der Waals surface area contributed by atoms with Crippen molar-refractivity contribution < 1.29 is 81.6 Å². The molecule has 0 bridgehead atoms. The predicted octanol–water partition coefficient (Wildman–Crippen LogP) is 3.30. The maximum atomic E-state index is 14.6. The van der Waals surface area contributed by atoms with Crippen LogP contribution >= 0.6 is 0 Å². The fourth-order valence-corrected chi connectivity index (χ4v) is 9.21. The number of cyclic esters (lactones) is 1. The molecule has 0 aromatic carbocycles. The number of hydrogen-bond donors (Lipinski definition) is 2. The molecular formula is C42H70O17. The first-order valence-electron chi connectivity index (χ1n) is 20.6. The summed E-state index contributed by atoms with van der Waals surface area (Å²) in [7, 11) is 4.14. The van der Waals surface area contributed by atoms with E-state index in [1.807, 2.05) is 6.92 Å². The summed E-state index contributed by atoms with van der Waals surface area (Å²) in [5.74, 6) is -9.27. The number of ether oxygens (including phenoxy) is 10. The lowest BCUT2D eigenvalue weighted by Crippen LogP contribution is -2.59. The van der Waals surface area contributed by atoms with Crippen LogP contribution in [0.15, 0.2) is 0 Å². The molecule has 0 aromatic rings. The Balaban J connectivity index is 2.26. The molecule has 3 aliphatic rings. The second-order valence-corrected chi connectivity index (χ2v) is 17.4. The normalized spacial score (nSPS) is 43.4. The zero-order valence-corrected chi connectivity index (χ0v) is 37.5. The second-order valence-electron chi connectivity index (χ2n) is 17.4. The Morgan fingerprint density at radius 3 is 1.97 bits per heavy atom. The van der Waals surface area contributed by atoms with E-state index in [0.717, 1.165) is 0 Å². The Hall–Kier alpha value is -2.77. The van der Waals surface area contributed by atoms with Crippen molar-refractivity contribution in [1.82, 2.24) is 0 Å². The smallest absolute Gasteiger partial charge is 0.312 e. The van der Waals surface area contributed by atoms with Gasteiger partial charge < -0.3 is 57.6 Å². The number of ketones is 1. The van der Waals surface area contributed by atoms with Crippen LogP contribution in [0.25, 0.3) is 0 Å². The number of aliphatic hydroxyl groups excluding tert-OH is 1. The van der Waals surface area contributed by atoms with Crippen molar-refractivity contribution in [3.8, 4) is 0 Å². The quantitative estimate of drug-likeness (QED) is 0.238. The second kappa shape index (κ2) is 20.9. The average Bonchev–Trinajstić information content (AvgIpc) is 3.16. The number of hydrogen-bond acceptors (Lipinski definition) is 17.